The number of primary amides is 1. The highest BCUT2D eigenvalue weighted by Gasteiger charge is 2.12. The lowest BCUT2D eigenvalue weighted by Gasteiger charge is -2.11. The van der Waals surface area contributed by atoms with Gasteiger partial charge in [-0.1, -0.05) is 30.3 Å². The molecule has 0 spiro atoms. The van der Waals surface area contributed by atoms with Gasteiger partial charge in [-0.05, 0) is 31.0 Å². The fourth-order valence-electron chi connectivity index (χ4n) is 2.07. The molecule has 0 fully saturated rings. The van der Waals surface area contributed by atoms with Crippen molar-refractivity contribution in [2.24, 2.45) is 5.73 Å². The molecule has 0 aliphatic rings. The second kappa shape index (κ2) is 6.85. The molecule has 0 saturated carbocycles. The first kappa shape index (κ1) is 15.7. The number of hydrogen-bond acceptors (Lipinski definition) is 2. The number of nitrogens with one attached hydrogen (secondary N) is 1. The Kier molecular flexibility index (Phi) is 4.88. The number of carbonyl (C=O) groups excluding carboxylic acids is 2. The zero-order valence-electron chi connectivity index (χ0n) is 12.2. The van der Waals surface area contributed by atoms with Crippen LogP contribution in [0, 0.1) is 12.7 Å². The van der Waals surface area contributed by atoms with Crippen LogP contribution in [0.15, 0.2) is 42.5 Å². The van der Waals surface area contributed by atoms with Crippen LogP contribution < -0.4 is 11.1 Å². The third kappa shape index (κ3) is 3.91. The number of benzene rings is 2. The minimum absolute atomic E-state index is 0.0291. The van der Waals surface area contributed by atoms with Crippen LogP contribution in [0.25, 0.3) is 0 Å². The fraction of sp³-hybridized carbons (Fsp3) is 0.176. The van der Waals surface area contributed by atoms with Gasteiger partial charge in [-0.3, -0.25) is 9.59 Å². The maximum Gasteiger partial charge on any atom is 0.248 e. The Hall–Kier alpha value is -2.69. The van der Waals surface area contributed by atoms with Crippen molar-refractivity contribution in [1.29, 1.82) is 0 Å². The van der Waals surface area contributed by atoms with Gasteiger partial charge in [-0.15, -0.1) is 0 Å². The number of nitrogens with two attached hydrogens (primary N) is 1. The lowest BCUT2D eigenvalue weighted by Crippen LogP contribution is -2.16. The lowest BCUT2D eigenvalue weighted by atomic mass is 10.1. The van der Waals surface area contributed by atoms with Gasteiger partial charge in [0.2, 0.25) is 11.8 Å². The van der Waals surface area contributed by atoms with E-state index in [4.69, 9.17) is 5.73 Å². The third-order valence-corrected chi connectivity index (χ3v) is 3.39. The lowest BCUT2D eigenvalue weighted by molar-refractivity contribution is -0.116. The number of amides is 2. The molecule has 5 heteroatoms. The Balaban J connectivity index is 2.06. The van der Waals surface area contributed by atoms with E-state index in [1.54, 1.807) is 0 Å². The maximum atomic E-state index is 13.7. The van der Waals surface area contributed by atoms with Crippen LogP contribution in [0.3, 0.4) is 0 Å². The quantitative estimate of drug-likeness (QED) is 0.891. The molecule has 0 aliphatic carbocycles. The molecule has 22 heavy (non-hydrogen) atoms. The van der Waals surface area contributed by atoms with Crippen LogP contribution in [0.1, 0.15) is 27.9 Å². The highest BCUT2D eigenvalue weighted by atomic mass is 19.1. The molecule has 0 aliphatic heterocycles. The van der Waals surface area contributed by atoms with E-state index in [2.05, 4.69) is 5.32 Å². The van der Waals surface area contributed by atoms with E-state index in [0.717, 1.165) is 11.6 Å². The molecule has 2 aromatic carbocycles. The first-order valence-electron chi connectivity index (χ1n) is 6.91. The van der Waals surface area contributed by atoms with Gasteiger partial charge in [-0.2, -0.15) is 0 Å². The number of anilines is 1. The number of aryl methyl sites for hydroxylation is 1. The van der Waals surface area contributed by atoms with E-state index in [9.17, 15) is 14.0 Å². The molecule has 2 rings (SSSR count). The SMILES string of the molecule is Cc1c(F)cc(C(N)=O)cc1NC(=O)CCc1ccccc1. The van der Waals surface area contributed by atoms with Crippen LogP contribution in [0.5, 0.6) is 0 Å². The van der Waals surface area contributed by atoms with Gasteiger partial charge in [0.15, 0.2) is 0 Å². The molecular formula is C17H17FN2O2. The Labute approximate surface area is 128 Å². The summed E-state index contributed by atoms with van der Waals surface area (Å²) in [7, 11) is 0. The van der Waals surface area contributed by atoms with Gasteiger partial charge in [0, 0.05) is 23.2 Å². The highest BCUT2D eigenvalue weighted by Crippen LogP contribution is 2.21. The van der Waals surface area contributed by atoms with Gasteiger partial charge >= 0.3 is 0 Å². The Morgan fingerprint density at radius 3 is 2.50 bits per heavy atom. The second-order valence-electron chi connectivity index (χ2n) is 5.03. The number of carbonyl (C=O) groups is 2. The van der Waals surface area contributed by atoms with Crippen molar-refractivity contribution in [2.45, 2.75) is 19.8 Å². The summed E-state index contributed by atoms with van der Waals surface area (Å²) < 4.78 is 13.7. The van der Waals surface area contributed by atoms with Gasteiger partial charge in [0.1, 0.15) is 5.82 Å². The predicted molar refractivity (Wildman–Crippen MR) is 83.0 cm³/mol. The molecular weight excluding hydrogens is 283 g/mol. The first-order chi connectivity index (χ1) is 10.5. The zero-order chi connectivity index (χ0) is 16.1. The van der Waals surface area contributed by atoms with E-state index < -0.39 is 11.7 Å². The second-order valence-corrected chi connectivity index (χ2v) is 5.03. The summed E-state index contributed by atoms with van der Waals surface area (Å²) in [6, 6.07) is 12.0. The minimum Gasteiger partial charge on any atom is -0.366 e. The standard InChI is InChI=1S/C17H17FN2O2/c1-11-14(18)9-13(17(19)22)10-15(11)20-16(21)8-7-12-5-3-2-4-6-12/h2-6,9-10H,7-8H2,1H3,(H2,19,22)(H,20,21). The third-order valence-electron chi connectivity index (χ3n) is 3.39. The maximum absolute atomic E-state index is 13.7. The highest BCUT2D eigenvalue weighted by molar-refractivity contribution is 5.97. The normalized spacial score (nSPS) is 10.3. The van der Waals surface area contributed by atoms with Crippen LogP contribution in [-0.2, 0) is 11.2 Å². The van der Waals surface area contributed by atoms with Crippen molar-refractivity contribution >= 4 is 17.5 Å². The Morgan fingerprint density at radius 1 is 1.18 bits per heavy atom. The minimum atomic E-state index is -0.737. The molecule has 0 aromatic heterocycles. The summed E-state index contributed by atoms with van der Waals surface area (Å²) in [5.74, 6) is -1.55. The molecule has 4 nitrogen and oxygen atoms in total. The van der Waals surface area contributed by atoms with Crippen LogP contribution >= 0.6 is 0 Å². The molecule has 0 bridgehead atoms. The smallest absolute Gasteiger partial charge is 0.248 e. The summed E-state index contributed by atoms with van der Waals surface area (Å²) >= 11 is 0. The van der Waals surface area contributed by atoms with E-state index in [1.165, 1.54) is 13.0 Å². The Bertz CT molecular complexity index is 699. The van der Waals surface area contributed by atoms with Gasteiger partial charge in [0.05, 0.1) is 0 Å². The summed E-state index contributed by atoms with van der Waals surface area (Å²) in [6.45, 7) is 1.53. The topological polar surface area (TPSA) is 72.2 Å². The molecule has 2 aromatic rings. The van der Waals surface area contributed by atoms with Crippen molar-refractivity contribution in [2.75, 3.05) is 5.32 Å². The summed E-state index contributed by atoms with van der Waals surface area (Å²) in [4.78, 5) is 23.1. The summed E-state index contributed by atoms with van der Waals surface area (Å²) in [5.41, 5.74) is 6.77. The number of rotatable bonds is 5. The molecule has 0 heterocycles. The summed E-state index contributed by atoms with van der Waals surface area (Å²) in [6.07, 6.45) is 0.857. The number of hydrogen-bond donors (Lipinski definition) is 2. The van der Waals surface area contributed by atoms with E-state index in [-0.39, 0.29) is 29.1 Å². The largest absolute Gasteiger partial charge is 0.366 e. The number of halogens is 1. The molecule has 114 valence electrons. The molecule has 0 atom stereocenters. The van der Waals surface area contributed by atoms with E-state index in [1.807, 2.05) is 30.3 Å². The molecule has 0 unspecified atom stereocenters. The van der Waals surface area contributed by atoms with Crippen LogP contribution in [-0.4, -0.2) is 11.8 Å². The molecule has 3 N–H and O–H groups in total. The van der Waals surface area contributed by atoms with Gasteiger partial charge < -0.3 is 11.1 Å². The van der Waals surface area contributed by atoms with Crippen molar-refractivity contribution in [3.63, 3.8) is 0 Å². The van der Waals surface area contributed by atoms with Crippen LogP contribution in [0.2, 0.25) is 0 Å². The van der Waals surface area contributed by atoms with Crippen molar-refractivity contribution in [3.05, 3.63) is 65.0 Å². The van der Waals surface area contributed by atoms with Crippen molar-refractivity contribution < 1.29 is 14.0 Å². The average molecular weight is 300 g/mol. The molecule has 2 amide bonds. The first-order valence-corrected chi connectivity index (χ1v) is 6.91. The summed E-state index contributed by atoms with van der Waals surface area (Å²) in [5, 5.41) is 2.63. The average Bonchev–Trinajstić information content (AvgIpc) is 2.50. The van der Waals surface area contributed by atoms with E-state index >= 15 is 0 Å². The molecule has 0 radical (unpaired) electrons. The van der Waals surface area contributed by atoms with Crippen molar-refractivity contribution in [1.82, 2.24) is 0 Å². The fourth-order valence-corrected chi connectivity index (χ4v) is 2.07. The zero-order valence-corrected chi connectivity index (χ0v) is 12.2. The monoisotopic (exact) mass is 300 g/mol. The molecule has 0 saturated heterocycles. The van der Waals surface area contributed by atoms with E-state index in [0.29, 0.717) is 6.42 Å². The van der Waals surface area contributed by atoms with Crippen LogP contribution in [0.4, 0.5) is 10.1 Å². The van der Waals surface area contributed by atoms with Gasteiger partial charge in [-0.25, -0.2) is 4.39 Å². The van der Waals surface area contributed by atoms with Crippen molar-refractivity contribution in [3.8, 4) is 0 Å². The Morgan fingerprint density at radius 2 is 1.86 bits per heavy atom. The predicted octanol–water partition coefficient (Wildman–Crippen LogP) is 2.80. The van der Waals surface area contributed by atoms with Gasteiger partial charge in [0.25, 0.3) is 0 Å².